The van der Waals surface area contributed by atoms with E-state index in [1.807, 2.05) is 26.8 Å². The van der Waals surface area contributed by atoms with Gasteiger partial charge in [0, 0.05) is 17.8 Å². The summed E-state index contributed by atoms with van der Waals surface area (Å²) in [5.74, 6) is 1.51. The van der Waals surface area contributed by atoms with Gasteiger partial charge >= 0.3 is 0 Å². The third-order valence-corrected chi connectivity index (χ3v) is 1.63. The van der Waals surface area contributed by atoms with Gasteiger partial charge in [0.05, 0.1) is 6.61 Å². The number of nitrogens with one attached hydrogen (secondary N) is 1. The molecule has 1 heterocycles. The van der Waals surface area contributed by atoms with E-state index in [9.17, 15) is 0 Å². The van der Waals surface area contributed by atoms with Crippen LogP contribution in [-0.2, 0) is 0 Å². The van der Waals surface area contributed by atoms with E-state index in [-0.39, 0.29) is 12.6 Å². The van der Waals surface area contributed by atoms with E-state index in [0.717, 1.165) is 17.3 Å². The second kappa shape index (κ2) is 4.18. The van der Waals surface area contributed by atoms with Crippen LogP contribution < -0.4 is 5.32 Å². The molecule has 0 aliphatic rings. The fraction of sp³-hybridized carbons (Fsp3) is 0.556. The highest BCUT2D eigenvalue weighted by atomic mass is 16.3. The van der Waals surface area contributed by atoms with Crippen LogP contribution in [0.15, 0.2) is 6.07 Å². The lowest BCUT2D eigenvalue weighted by Gasteiger charge is -2.11. The van der Waals surface area contributed by atoms with Gasteiger partial charge in [-0.15, -0.1) is 0 Å². The Morgan fingerprint density at radius 3 is 2.69 bits per heavy atom. The standard InChI is InChI=1S/C9H15N3O/c1-6-4-9(11-7(2)5-13)12-8(3)10-6/h4,7,13H,5H2,1-3H3,(H,10,11,12). The van der Waals surface area contributed by atoms with Gasteiger partial charge in [0.15, 0.2) is 0 Å². The number of aromatic nitrogens is 2. The van der Waals surface area contributed by atoms with Crippen LogP contribution in [0.25, 0.3) is 0 Å². The lowest BCUT2D eigenvalue weighted by molar-refractivity contribution is 0.281. The summed E-state index contributed by atoms with van der Waals surface area (Å²) in [4.78, 5) is 8.34. The van der Waals surface area contributed by atoms with Gasteiger partial charge < -0.3 is 10.4 Å². The van der Waals surface area contributed by atoms with Gasteiger partial charge in [-0.05, 0) is 20.8 Å². The number of hydrogen-bond donors (Lipinski definition) is 2. The Labute approximate surface area is 78.0 Å². The van der Waals surface area contributed by atoms with E-state index in [2.05, 4.69) is 15.3 Å². The fourth-order valence-corrected chi connectivity index (χ4v) is 1.09. The quantitative estimate of drug-likeness (QED) is 0.727. The minimum Gasteiger partial charge on any atom is -0.394 e. The van der Waals surface area contributed by atoms with E-state index in [1.54, 1.807) is 0 Å². The summed E-state index contributed by atoms with van der Waals surface area (Å²) in [6, 6.07) is 1.88. The summed E-state index contributed by atoms with van der Waals surface area (Å²) >= 11 is 0. The third kappa shape index (κ3) is 2.99. The number of aliphatic hydroxyl groups is 1. The van der Waals surface area contributed by atoms with Crippen molar-refractivity contribution in [1.82, 2.24) is 9.97 Å². The summed E-state index contributed by atoms with van der Waals surface area (Å²) in [6.07, 6.45) is 0. The van der Waals surface area contributed by atoms with E-state index in [4.69, 9.17) is 5.11 Å². The van der Waals surface area contributed by atoms with Crippen molar-refractivity contribution in [3.05, 3.63) is 17.6 Å². The zero-order chi connectivity index (χ0) is 9.84. The summed E-state index contributed by atoms with van der Waals surface area (Å²) in [7, 11) is 0. The minimum atomic E-state index is 0.0219. The number of hydrogen-bond acceptors (Lipinski definition) is 4. The van der Waals surface area contributed by atoms with Crippen molar-refractivity contribution in [3.63, 3.8) is 0 Å². The maximum Gasteiger partial charge on any atom is 0.130 e. The molecule has 1 aromatic rings. The molecular weight excluding hydrogens is 166 g/mol. The average Bonchev–Trinajstić information content (AvgIpc) is 2.02. The summed E-state index contributed by atoms with van der Waals surface area (Å²) < 4.78 is 0. The normalized spacial score (nSPS) is 12.6. The van der Waals surface area contributed by atoms with E-state index in [0.29, 0.717) is 0 Å². The van der Waals surface area contributed by atoms with Crippen LogP contribution in [0.3, 0.4) is 0 Å². The number of aryl methyl sites for hydroxylation is 2. The molecular formula is C9H15N3O. The molecule has 1 rings (SSSR count). The molecule has 0 spiro atoms. The summed E-state index contributed by atoms with van der Waals surface area (Å²) in [5.41, 5.74) is 0.931. The predicted octanol–water partition coefficient (Wildman–Crippen LogP) is 0.886. The van der Waals surface area contributed by atoms with Gasteiger partial charge in [-0.25, -0.2) is 9.97 Å². The molecule has 0 bridgehead atoms. The molecule has 0 aliphatic heterocycles. The highest BCUT2D eigenvalue weighted by molar-refractivity contribution is 5.36. The Kier molecular flexibility index (Phi) is 3.19. The molecule has 0 aliphatic carbocycles. The van der Waals surface area contributed by atoms with Gasteiger partial charge in [0.25, 0.3) is 0 Å². The maximum atomic E-state index is 8.83. The van der Waals surface area contributed by atoms with Gasteiger partial charge in [-0.3, -0.25) is 0 Å². The smallest absolute Gasteiger partial charge is 0.130 e. The molecule has 0 amide bonds. The first kappa shape index (κ1) is 9.92. The van der Waals surface area contributed by atoms with E-state index >= 15 is 0 Å². The predicted molar refractivity (Wildman–Crippen MR) is 51.7 cm³/mol. The summed E-state index contributed by atoms with van der Waals surface area (Å²) in [6.45, 7) is 5.76. The highest BCUT2D eigenvalue weighted by Gasteiger charge is 2.02. The molecule has 1 unspecified atom stereocenters. The van der Waals surface area contributed by atoms with Gasteiger partial charge in [0.1, 0.15) is 11.6 Å². The molecule has 4 nitrogen and oxygen atoms in total. The Balaban J connectivity index is 2.77. The van der Waals surface area contributed by atoms with Crippen LogP contribution in [0.1, 0.15) is 18.4 Å². The Bertz CT molecular complexity index is 268. The molecule has 0 saturated heterocycles. The van der Waals surface area contributed by atoms with Crippen LogP contribution in [0.2, 0.25) is 0 Å². The molecule has 0 saturated carbocycles. The zero-order valence-electron chi connectivity index (χ0n) is 8.20. The van der Waals surface area contributed by atoms with Crippen LogP contribution in [-0.4, -0.2) is 27.7 Å². The van der Waals surface area contributed by atoms with Gasteiger partial charge in [0.2, 0.25) is 0 Å². The first-order valence-corrected chi connectivity index (χ1v) is 4.31. The molecule has 4 heteroatoms. The molecule has 2 N–H and O–H groups in total. The first-order chi connectivity index (χ1) is 6.11. The highest BCUT2D eigenvalue weighted by Crippen LogP contribution is 2.06. The van der Waals surface area contributed by atoms with Crippen LogP contribution in [0.5, 0.6) is 0 Å². The molecule has 0 fully saturated rings. The van der Waals surface area contributed by atoms with Crippen molar-refractivity contribution in [2.45, 2.75) is 26.8 Å². The van der Waals surface area contributed by atoms with E-state index < -0.39 is 0 Å². The van der Waals surface area contributed by atoms with Crippen LogP contribution >= 0.6 is 0 Å². The number of rotatable bonds is 3. The van der Waals surface area contributed by atoms with Crippen molar-refractivity contribution in [2.24, 2.45) is 0 Å². The molecule has 0 aromatic carbocycles. The minimum absolute atomic E-state index is 0.0219. The van der Waals surface area contributed by atoms with Gasteiger partial charge in [-0.2, -0.15) is 0 Å². The SMILES string of the molecule is Cc1cc(NC(C)CO)nc(C)n1. The van der Waals surface area contributed by atoms with Crippen molar-refractivity contribution in [3.8, 4) is 0 Å². The Hall–Kier alpha value is -1.16. The number of aliphatic hydroxyl groups excluding tert-OH is 1. The van der Waals surface area contributed by atoms with Crippen LogP contribution in [0, 0.1) is 13.8 Å². The van der Waals surface area contributed by atoms with Gasteiger partial charge in [-0.1, -0.05) is 0 Å². The maximum absolute atomic E-state index is 8.83. The first-order valence-electron chi connectivity index (χ1n) is 4.31. The third-order valence-electron chi connectivity index (χ3n) is 1.63. The molecule has 1 atom stereocenters. The van der Waals surface area contributed by atoms with Crippen molar-refractivity contribution in [2.75, 3.05) is 11.9 Å². The van der Waals surface area contributed by atoms with Crippen LogP contribution in [0.4, 0.5) is 5.82 Å². The second-order valence-electron chi connectivity index (χ2n) is 3.17. The monoisotopic (exact) mass is 181 g/mol. The van der Waals surface area contributed by atoms with E-state index in [1.165, 1.54) is 0 Å². The van der Waals surface area contributed by atoms with Crippen molar-refractivity contribution < 1.29 is 5.11 Å². The van der Waals surface area contributed by atoms with Crippen molar-refractivity contribution >= 4 is 5.82 Å². The van der Waals surface area contributed by atoms with Crippen molar-refractivity contribution in [1.29, 1.82) is 0 Å². The number of anilines is 1. The molecule has 0 radical (unpaired) electrons. The molecule has 1 aromatic heterocycles. The lowest BCUT2D eigenvalue weighted by atomic mass is 10.3. The Morgan fingerprint density at radius 1 is 1.46 bits per heavy atom. The topological polar surface area (TPSA) is 58.0 Å². The Morgan fingerprint density at radius 2 is 2.15 bits per heavy atom. The fourth-order valence-electron chi connectivity index (χ4n) is 1.09. The lowest BCUT2D eigenvalue weighted by Crippen LogP contribution is -2.20. The molecule has 13 heavy (non-hydrogen) atoms. The summed E-state index contributed by atoms with van der Waals surface area (Å²) in [5, 5.41) is 11.9. The second-order valence-corrected chi connectivity index (χ2v) is 3.17. The zero-order valence-corrected chi connectivity index (χ0v) is 8.20. The largest absolute Gasteiger partial charge is 0.394 e. The molecule has 72 valence electrons. The average molecular weight is 181 g/mol. The number of nitrogens with zero attached hydrogens (tertiary/aromatic N) is 2.